The number of hydrogen-bond donors (Lipinski definition) is 1. The Bertz CT molecular complexity index is 930. The minimum Gasteiger partial charge on any atom is -0.338 e. The Morgan fingerprint density at radius 1 is 1.14 bits per heavy atom. The van der Waals surface area contributed by atoms with Crippen LogP contribution in [0.1, 0.15) is 36.4 Å². The molecule has 0 saturated carbocycles. The molecule has 0 spiro atoms. The van der Waals surface area contributed by atoms with E-state index in [4.69, 9.17) is 4.52 Å². The molecule has 1 aromatic heterocycles. The molecule has 146 valence electrons. The van der Waals surface area contributed by atoms with Gasteiger partial charge in [0.25, 0.3) is 0 Å². The maximum absolute atomic E-state index is 12.5. The molecule has 3 aromatic rings. The number of rotatable bonds is 7. The SMILES string of the molecule is CCc1ccc(-c2noc(CSC(C)C(=O)Nc3c(C)cccc3C)n2)cc1. The van der Waals surface area contributed by atoms with Gasteiger partial charge in [0, 0.05) is 11.3 Å². The van der Waals surface area contributed by atoms with Crippen molar-refractivity contribution >= 4 is 23.4 Å². The van der Waals surface area contributed by atoms with Gasteiger partial charge < -0.3 is 9.84 Å². The van der Waals surface area contributed by atoms with E-state index in [1.165, 1.54) is 17.3 Å². The van der Waals surface area contributed by atoms with Crippen LogP contribution in [0, 0.1) is 13.8 Å². The number of nitrogens with one attached hydrogen (secondary N) is 1. The molecule has 3 rings (SSSR count). The number of hydrogen-bond acceptors (Lipinski definition) is 5. The summed E-state index contributed by atoms with van der Waals surface area (Å²) in [4.78, 5) is 17.0. The third-order valence-corrected chi connectivity index (χ3v) is 5.77. The molecule has 1 N–H and O–H groups in total. The lowest BCUT2D eigenvalue weighted by molar-refractivity contribution is -0.115. The maximum atomic E-state index is 12.5. The van der Waals surface area contributed by atoms with Gasteiger partial charge in [-0.3, -0.25) is 4.79 Å². The van der Waals surface area contributed by atoms with E-state index in [0.29, 0.717) is 17.5 Å². The van der Waals surface area contributed by atoms with Crippen LogP contribution in [-0.2, 0) is 17.0 Å². The fraction of sp³-hybridized carbons (Fsp3) is 0.318. The summed E-state index contributed by atoms with van der Waals surface area (Å²) in [6, 6.07) is 14.1. The number of nitrogens with zero attached hydrogens (tertiary/aromatic N) is 2. The Morgan fingerprint density at radius 3 is 2.46 bits per heavy atom. The van der Waals surface area contributed by atoms with E-state index in [2.05, 4.69) is 34.5 Å². The molecule has 0 radical (unpaired) electrons. The van der Waals surface area contributed by atoms with Gasteiger partial charge in [-0.15, -0.1) is 11.8 Å². The smallest absolute Gasteiger partial charge is 0.237 e. The van der Waals surface area contributed by atoms with Gasteiger partial charge in [0.05, 0.1) is 11.0 Å². The number of carbonyl (C=O) groups is 1. The maximum Gasteiger partial charge on any atom is 0.237 e. The number of anilines is 1. The molecule has 1 unspecified atom stereocenters. The summed E-state index contributed by atoms with van der Waals surface area (Å²) in [7, 11) is 0. The molecule has 2 aromatic carbocycles. The molecule has 0 aliphatic carbocycles. The number of aromatic nitrogens is 2. The summed E-state index contributed by atoms with van der Waals surface area (Å²) in [5.41, 5.74) is 5.20. The van der Waals surface area contributed by atoms with E-state index in [1.807, 2.05) is 51.1 Å². The second kappa shape index (κ2) is 9.06. The van der Waals surface area contributed by atoms with E-state index in [9.17, 15) is 4.79 Å². The van der Waals surface area contributed by atoms with E-state index in [-0.39, 0.29) is 11.2 Å². The first-order valence-electron chi connectivity index (χ1n) is 9.38. The van der Waals surface area contributed by atoms with Gasteiger partial charge in [-0.05, 0) is 43.9 Å². The second-order valence-corrected chi connectivity index (χ2v) is 8.10. The first-order valence-corrected chi connectivity index (χ1v) is 10.4. The number of aryl methyl sites for hydroxylation is 3. The molecule has 0 fully saturated rings. The second-order valence-electron chi connectivity index (χ2n) is 6.77. The number of thioether (sulfide) groups is 1. The zero-order chi connectivity index (χ0) is 20.1. The molecule has 1 heterocycles. The van der Waals surface area contributed by atoms with E-state index in [0.717, 1.165) is 28.8 Å². The quantitative estimate of drug-likeness (QED) is 0.597. The first-order chi connectivity index (χ1) is 13.5. The van der Waals surface area contributed by atoms with Crippen LogP contribution in [0.4, 0.5) is 5.69 Å². The van der Waals surface area contributed by atoms with E-state index < -0.39 is 0 Å². The van der Waals surface area contributed by atoms with Crippen molar-refractivity contribution in [2.24, 2.45) is 0 Å². The van der Waals surface area contributed by atoms with Gasteiger partial charge in [0.2, 0.25) is 17.6 Å². The van der Waals surface area contributed by atoms with Crippen LogP contribution in [0.3, 0.4) is 0 Å². The topological polar surface area (TPSA) is 68.0 Å². The Kier molecular flexibility index (Phi) is 6.52. The molecule has 0 saturated heterocycles. The lowest BCUT2D eigenvalue weighted by Crippen LogP contribution is -2.23. The van der Waals surface area contributed by atoms with E-state index in [1.54, 1.807) is 0 Å². The Labute approximate surface area is 169 Å². The van der Waals surface area contributed by atoms with Crippen molar-refractivity contribution in [2.45, 2.75) is 45.1 Å². The molecule has 28 heavy (non-hydrogen) atoms. The summed E-state index contributed by atoms with van der Waals surface area (Å²) in [6.45, 7) is 7.99. The van der Waals surface area contributed by atoms with Crippen LogP contribution >= 0.6 is 11.8 Å². The van der Waals surface area contributed by atoms with Gasteiger partial charge in [0.1, 0.15) is 0 Å². The Balaban J connectivity index is 1.58. The third kappa shape index (κ3) is 4.81. The average molecular weight is 396 g/mol. The van der Waals surface area contributed by atoms with Crippen molar-refractivity contribution in [3.05, 3.63) is 65.0 Å². The van der Waals surface area contributed by atoms with Crippen LogP contribution in [0.2, 0.25) is 0 Å². The highest BCUT2D eigenvalue weighted by Gasteiger charge is 2.17. The average Bonchev–Trinajstić information content (AvgIpc) is 3.18. The molecule has 0 aliphatic heterocycles. The monoisotopic (exact) mass is 395 g/mol. The largest absolute Gasteiger partial charge is 0.338 e. The zero-order valence-corrected chi connectivity index (χ0v) is 17.5. The predicted molar refractivity (Wildman–Crippen MR) is 114 cm³/mol. The summed E-state index contributed by atoms with van der Waals surface area (Å²) in [5, 5.41) is 6.85. The van der Waals surface area contributed by atoms with Crippen molar-refractivity contribution in [2.75, 3.05) is 5.32 Å². The summed E-state index contributed by atoms with van der Waals surface area (Å²) in [6.07, 6.45) is 0.996. The van der Waals surface area contributed by atoms with Crippen molar-refractivity contribution in [1.29, 1.82) is 0 Å². The van der Waals surface area contributed by atoms with Crippen molar-refractivity contribution in [3.8, 4) is 11.4 Å². The van der Waals surface area contributed by atoms with Gasteiger partial charge in [-0.2, -0.15) is 4.98 Å². The molecule has 0 bridgehead atoms. The molecule has 1 atom stereocenters. The van der Waals surface area contributed by atoms with Gasteiger partial charge in [0.15, 0.2) is 0 Å². The fourth-order valence-electron chi connectivity index (χ4n) is 2.83. The molecule has 6 heteroatoms. The summed E-state index contributed by atoms with van der Waals surface area (Å²) >= 11 is 1.47. The predicted octanol–water partition coefficient (Wildman–Crippen LogP) is 5.18. The van der Waals surface area contributed by atoms with Crippen LogP contribution in [0.15, 0.2) is 47.0 Å². The Hall–Kier alpha value is -2.60. The fourth-order valence-corrected chi connectivity index (χ4v) is 3.55. The van der Waals surface area contributed by atoms with Gasteiger partial charge in [-0.25, -0.2) is 0 Å². The molecular weight excluding hydrogens is 370 g/mol. The minimum absolute atomic E-state index is 0.0303. The normalized spacial score (nSPS) is 12.0. The van der Waals surface area contributed by atoms with Gasteiger partial charge >= 0.3 is 0 Å². The summed E-state index contributed by atoms with van der Waals surface area (Å²) in [5.74, 6) is 1.55. The van der Waals surface area contributed by atoms with Crippen LogP contribution in [0.25, 0.3) is 11.4 Å². The highest BCUT2D eigenvalue weighted by atomic mass is 32.2. The lowest BCUT2D eigenvalue weighted by atomic mass is 10.1. The molecule has 5 nitrogen and oxygen atoms in total. The standard InChI is InChI=1S/C22H25N3O2S/c1-5-17-9-11-18(12-10-17)21-23-19(27-25-21)13-28-16(4)22(26)24-20-14(2)7-6-8-15(20)3/h6-12,16H,5,13H2,1-4H3,(H,24,26). The highest BCUT2D eigenvalue weighted by Crippen LogP contribution is 2.24. The first kappa shape index (κ1) is 20.1. The van der Waals surface area contributed by atoms with Gasteiger partial charge in [-0.1, -0.05) is 54.5 Å². The lowest BCUT2D eigenvalue weighted by Gasteiger charge is -2.14. The van der Waals surface area contributed by atoms with Crippen molar-refractivity contribution in [3.63, 3.8) is 0 Å². The number of benzene rings is 2. The number of carbonyl (C=O) groups excluding carboxylic acids is 1. The van der Waals surface area contributed by atoms with Crippen LogP contribution < -0.4 is 5.32 Å². The van der Waals surface area contributed by atoms with Crippen molar-refractivity contribution in [1.82, 2.24) is 10.1 Å². The highest BCUT2D eigenvalue weighted by molar-refractivity contribution is 7.99. The zero-order valence-electron chi connectivity index (χ0n) is 16.7. The van der Waals surface area contributed by atoms with Crippen molar-refractivity contribution < 1.29 is 9.32 Å². The summed E-state index contributed by atoms with van der Waals surface area (Å²) < 4.78 is 5.35. The molecule has 0 aliphatic rings. The van der Waals surface area contributed by atoms with E-state index >= 15 is 0 Å². The third-order valence-electron chi connectivity index (χ3n) is 4.64. The minimum atomic E-state index is -0.238. The number of amides is 1. The molecule has 1 amide bonds. The van der Waals surface area contributed by atoms with Crippen LogP contribution in [0.5, 0.6) is 0 Å². The Morgan fingerprint density at radius 2 is 1.82 bits per heavy atom. The van der Waals surface area contributed by atoms with Crippen LogP contribution in [-0.4, -0.2) is 21.3 Å². The number of para-hydroxylation sites is 1. The molecular formula is C22H25N3O2S.